The van der Waals surface area contributed by atoms with Crippen LogP contribution in [0.15, 0.2) is 40.2 Å². The number of para-hydroxylation sites is 1. The van der Waals surface area contributed by atoms with Gasteiger partial charge in [-0.1, -0.05) is 18.2 Å². The van der Waals surface area contributed by atoms with Gasteiger partial charge in [0.15, 0.2) is 0 Å². The van der Waals surface area contributed by atoms with E-state index in [4.69, 9.17) is 0 Å². The molecular formula is C13H14N4O2. The van der Waals surface area contributed by atoms with Gasteiger partial charge in [-0.05, 0) is 19.1 Å². The molecule has 0 saturated carbocycles. The highest BCUT2D eigenvalue weighted by molar-refractivity contribution is 5.82. The summed E-state index contributed by atoms with van der Waals surface area (Å²) in [5.41, 5.74) is 3.90. The molecule has 0 spiro atoms. The molecule has 6 nitrogen and oxygen atoms in total. The van der Waals surface area contributed by atoms with Gasteiger partial charge in [-0.25, -0.2) is 10.1 Å². The fourth-order valence-corrected chi connectivity index (χ4v) is 1.66. The van der Waals surface area contributed by atoms with Crippen LogP contribution in [0.5, 0.6) is 0 Å². The van der Waals surface area contributed by atoms with Gasteiger partial charge < -0.3 is 0 Å². The highest BCUT2D eigenvalue weighted by Gasteiger charge is 2.10. The highest BCUT2D eigenvalue weighted by atomic mass is 16.2. The van der Waals surface area contributed by atoms with E-state index >= 15 is 0 Å². The van der Waals surface area contributed by atoms with Crippen molar-refractivity contribution in [2.75, 3.05) is 0 Å². The summed E-state index contributed by atoms with van der Waals surface area (Å²) in [4.78, 5) is 22.9. The zero-order chi connectivity index (χ0) is 13.8. The molecule has 0 atom stereocenters. The van der Waals surface area contributed by atoms with E-state index in [1.165, 1.54) is 17.8 Å². The fraction of sp³-hybridized carbons (Fsp3) is 0.154. The zero-order valence-corrected chi connectivity index (χ0v) is 10.7. The number of aromatic amines is 1. The maximum Gasteiger partial charge on any atom is 0.280 e. The number of amides is 1. The number of hydrogen-bond acceptors (Lipinski definition) is 3. The van der Waals surface area contributed by atoms with Gasteiger partial charge >= 0.3 is 0 Å². The Labute approximate surface area is 109 Å². The van der Waals surface area contributed by atoms with E-state index in [1.54, 1.807) is 6.92 Å². The molecule has 2 N–H and O–H groups in total. The minimum absolute atomic E-state index is 0.210. The number of hydrazone groups is 1. The molecule has 0 fully saturated rings. The number of aromatic nitrogens is 2. The quantitative estimate of drug-likeness (QED) is 0.635. The summed E-state index contributed by atoms with van der Waals surface area (Å²) in [5, 5.41) is 6.68. The summed E-state index contributed by atoms with van der Waals surface area (Å²) < 4.78 is 1.43. The van der Waals surface area contributed by atoms with Crippen molar-refractivity contribution in [2.24, 2.45) is 5.10 Å². The van der Waals surface area contributed by atoms with Crippen LogP contribution in [0.25, 0.3) is 5.69 Å². The summed E-state index contributed by atoms with van der Waals surface area (Å²) in [5.74, 6) is -0.284. The van der Waals surface area contributed by atoms with Crippen molar-refractivity contribution in [1.82, 2.24) is 15.2 Å². The number of carbonyl (C=O) groups is 1. The molecule has 98 valence electrons. The van der Waals surface area contributed by atoms with Crippen LogP contribution >= 0.6 is 0 Å². The Morgan fingerprint density at radius 1 is 1.37 bits per heavy atom. The highest BCUT2D eigenvalue weighted by Crippen LogP contribution is 2.05. The summed E-state index contributed by atoms with van der Waals surface area (Å²) in [6.07, 6.45) is 1.34. The number of nitrogens with one attached hydrogen (secondary N) is 2. The predicted octanol–water partition coefficient (Wildman–Crippen LogP) is 0.944. The summed E-state index contributed by atoms with van der Waals surface area (Å²) >= 11 is 0. The Hall–Kier alpha value is -2.63. The van der Waals surface area contributed by atoms with Crippen LogP contribution in [0.1, 0.15) is 18.2 Å². The Morgan fingerprint density at radius 3 is 2.68 bits per heavy atom. The van der Waals surface area contributed by atoms with E-state index < -0.39 is 0 Å². The van der Waals surface area contributed by atoms with E-state index in [2.05, 4.69) is 15.6 Å². The van der Waals surface area contributed by atoms with E-state index in [0.717, 1.165) is 5.69 Å². The van der Waals surface area contributed by atoms with Gasteiger partial charge in [0.2, 0.25) is 5.91 Å². The number of carbonyl (C=O) groups excluding carboxylic acids is 1. The molecule has 0 aliphatic heterocycles. The first-order valence-electron chi connectivity index (χ1n) is 5.76. The fourth-order valence-electron chi connectivity index (χ4n) is 1.66. The molecule has 1 heterocycles. The van der Waals surface area contributed by atoms with E-state index in [9.17, 15) is 9.59 Å². The van der Waals surface area contributed by atoms with Gasteiger partial charge in [0, 0.05) is 12.6 Å². The van der Waals surface area contributed by atoms with Gasteiger partial charge in [-0.2, -0.15) is 5.10 Å². The number of aryl methyl sites for hydroxylation is 1. The molecule has 19 heavy (non-hydrogen) atoms. The van der Waals surface area contributed by atoms with Gasteiger partial charge in [0.25, 0.3) is 5.56 Å². The predicted molar refractivity (Wildman–Crippen MR) is 72.5 cm³/mol. The SMILES string of the molecule is CC(=O)N/N=C\c1c(C)[nH]n(-c2ccccc2)c1=O. The van der Waals surface area contributed by atoms with Crippen molar-refractivity contribution in [3.63, 3.8) is 0 Å². The standard InChI is InChI=1S/C13H14N4O2/c1-9-12(8-14-15-10(2)18)13(19)17(16-9)11-6-4-3-5-7-11/h3-8,16H,1-2H3,(H,15,18)/b14-8-. The monoisotopic (exact) mass is 258 g/mol. The molecule has 0 aliphatic carbocycles. The number of hydrogen-bond donors (Lipinski definition) is 2. The van der Waals surface area contributed by atoms with E-state index in [-0.39, 0.29) is 11.5 Å². The van der Waals surface area contributed by atoms with Crippen molar-refractivity contribution in [3.8, 4) is 5.69 Å². The van der Waals surface area contributed by atoms with Crippen LogP contribution in [-0.2, 0) is 4.79 Å². The van der Waals surface area contributed by atoms with Crippen molar-refractivity contribution in [1.29, 1.82) is 0 Å². The third-order valence-electron chi connectivity index (χ3n) is 2.55. The van der Waals surface area contributed by atoms with Crippen LogP contribution in [0.2, 0.25) is 0 Å². The summed E-state index contributed by atoms with van der Waals surface area (Å²) in [6, 6.07) is 9.23. The largest absolute Gasteiger partial charge is 0.295 e. The second-order valence-corrected chi connectivity index (χ2v) is 4.05. The lowest BCUT2D eigenvalue weighted by Gasteiger charge is -1.99. The zero-order valence-electron chi connectivity index (χ0n) is 10.7. The number of H-pyrrole nitrogens is 1. The Bertz CT molecular complexity index is 668. The normalized spacial score (nSPS) is 10.8. The lowest BCUT2D eigenvalue weighted by molar-refractivity contribution is -0.118. The van der Waals surface area contributed by atoms with Gasteiger partial charge in [0.05, 0.1) is 17.5 Å². The van der Waals surface area contributed by atoms with Crippen LogP contribution < -0.4 is 11.0 Å². The molecule has 1 aromatic carbocycles. The second-order valence-electron chi connectivity index (χ2n) is 4.05. The van der Waals surface area contributed by atoms with E-state index in [0.29, 0.717) is 11.3 Å². The average Bonchev–Trinajstić information content (AvgIpc) is 2.67. The summed E-state index contributed by atoms with van der Waals surface area (Å²) in [6.45, 7) is 3.12. The van der Waals surface area contributed by atoms with Crippen molar-refractivity contribution >= 4 is 12.1 Å². The maximum absolute atomic E-state index is 12.2. The third kappa shape index (κ3) is 2.79. The molecule has 0 radical (unpaired) electrons. The topological polar surface area (TPSA) is 79.2 Å². The number of rotatable bonds is 3. The molecule has 0 unspecified atom stereocenters. The molecule has 2 aromatic rings. The molecule has 0 saturated heterocycles. The van der Waals surface area contributed by atoms with Gasteiger partial charge in [-0.15, -0.1) is 0 Å². The van der Waals surface area contributed by atoms with Crippen LogP contribution in [0.3, 0.4) is 0 Å². The molecule has 1 amide bonds. The lowest BCUT2D eigenvalue weighted by Crippen LogP contribution is -2.18. The van der Waals surface area contributed by atoms with Crippen LogP contribution in [-0.4, -0.2) is 21.9 Å². The lowest BCUT2D eigenvalue weighted by atomic mass is 10.3. The molecule has 2 rings (SSSR count). The van der Waals surface area contributed by atoms with Gasteiger partial charge in [0.1, 0.15) is 0 Å². The summed E-state index contributed by atoms with van der Waals surface area (Å²) in [7, 11) is 0. The first-order chi connectivity index (χ1) is 9.09. The molecule has 0 aliphatic rings. The molecule has 1 aromatic heterocycles. The molecule has 6 heteroatoms. The first-order valence-corrected chi connectivity index (χ1v) is 5.76. The number of nitrogens with zero attached hydrogens (tertiary/aromatic N) is 2. The maximum atomic E-state index is 12.2. The van der Waals surface area contributed by atoms with Crippen LogP contribution in [0, 0.1) is 6.92 Å². The van der Waals surface area contributed by atoms with Gasteiger partial charge in [-0.3, -0.25) is 14.7 Å². The Morgan fingerprint density at radius 2 is 2.05 bits per heavy atom. The third-order valence-corrected chi connectivity index (χ3v) is 2.55. The van der Waals surface area contributed by atoms with Crippen LogP contribution in [0.4, 0.5) is 0 Å². The van der Waals surface area contributed by atoms with Crippen molar-refractivity contribution in [3.05, 3.63) is 51.9 Å². The minimum atomic E-state index is -0.284. The van der Waals surface area contributed by atoms with Crippen molar-refractivity contribution < 1.29 is 4.79 Å². The first kappa shape index (κ1) is 12.8. The van der Waals surface area contributed by atoms with Crippen molar-refractivity contribution in [2.45, 2.75) is 13.8 Å². The minimum Gasteiger partial charge on any atom is -0.295 e. The molecule has 0 bridgehead atoms. The molecular weight excluding hydrogens is 244 g/mol. The number of benzene rings is 1. The smallest absolute Gasteiger partial charge is 0.280 e. The van der Waals surface area contributed by atoms with E-state index in [1.807, 2.05) is 30.3 Å². The Balaban J connectivity index is 2.38. The second kappa shape index (κ2) is 5.34. The Kier molecular flexibility index (Phi) is 3.61. The average molecular weight is 258 g/mol.